The predicted molar refractivity (Wildman–Crippen MR) is 84.2 cm³/mol. The first kappa shape index (κ1) is 14.4. The second-order valence-electron chi connectivity index (χ2n) is 6.38. The summed E-state index contributed by atoms with van der Waals surface area (Å²) in [5.74, 6) is 0.0246. The molecule has 2 saturated heterocycles. The zero-order chi connectivity index (χ0) is 14.8. The van der Waals surface area contributed by atoms with Crippen LogP contribution in [0.4, 0.5) is 5.69 Å². The minimum Gasteiger partial charge on any atom is -0.397 e. The van der Waals surface area contributed by atoms with Crippen molar-refractivity contribution in [2.45, 2.75) is 57.7 Å². The van der Waals surface area contributed by atoms with Gasteiger partial charge in [-0.2, -0.15) is 0 Å². The number of amides is 1. The summed E-state index contributed by atoms with van der Waals surface area (Å²) in [4.78, 5) is 15.1. The van der Waals surface area contributed by atoms with Gasteiger partial charge in [-0.25, -0.2) is 0 Å². The highest BCUT2D eigenvalue weighted by Crippen LogP contribution is 2.27. The molecule has 3 heterocycles. The van der Waals surface area contributed by atoms with Crippen LogP contribution in [-0.4, -0.2) is 40.5 Å². The lowest BCUT2D eigenvalue weighted by molar-refractivity contribution is 0.0887. The standard InChI is InChI=1S/C16H26N4O/c1-2-6-20-11-12(17)9-15(20)16(21)18-13-5-8-19-7-3-4-14(19)10-13/h9,11,13-14H,2-8,10,17H2,1H3,(H,18,21). The van der Waals surface area contributed by atoms with Gasteiger partial charge in [0.2, 0.25) is 0 Å². The van der Waals surface area contributed by atoms with Gasteiger partial charge in [0, 0.05) is 31.4 Å². The van der Waals surface area contributed by atoms with Gasteiger partial charge in [0.15, 0.2) is 0 Å². The fourth-order valence-corrected chi connectivity index (χ4v) is 3.76. The molecule has 1 aromatic rings. The number of nitrogen functional groups attached to an aromatic ring is 1. The van der Waals surface area contributed by atoms with Crippen molar-refractivity contribution in [2.24, 2.45) is 0 Å². The number of piperidine rings is 1. The summed E-state index contributed by atoms with van der Waals surface area (Å²) in [6.45, 7) is 5.30. The summed E-state index contributed by atoms with van der Waals surface area (Å²) in [5, 5.41) is 3.22. The van der Waals surface area contributed by atoms with E-state index < -0.39 is 0 Å². The molecule has 0 aromatic carbocycles. The molecule has 2 aliphatic heterocycles. The lowest BCUT2D eigenvalue weighted by Crippen LogP contribution is -2.47. The van der Waals surface area contributed by atoms with Crippen LogP contribution in [0.15, 0.2) is 12.3 Å². The summed E-state index contributed by atoms with van der Waals surface area (Å²) >= 11 is 0. The Labute approximate surface area is 126 Å². The number of rotatable bonds is 4. The van der Waals surface area contributed by atoms with Crippen molar-refractivity contribution < 1.29 is 4.79 Å². The van der Waals surface area contributed by atoms with Crippen LogP contribution in [0.25, 0.3) is 0 Å². The fourth-order valence-electron chi connectivity index (χ4n) is 3.76. The molecule has 5 heteroatoms. The van der Waals surface area contributed by atoms with E-state index in [1.165, 1.54) is 19.4 Å². The summed E-state index contributed by atoms with van der Waals surface area (Å²) in [6, 6.07) is 2.77. The number of nitrogens with zero attached hydrogens (tertiary/aromatic N) is 2. The Hall–Kier alpha value is -1.49. The maximum absolute atomic E-state index is 12.5. The van der Waals surface area contributed by atoms with E-state index in [0.29, 0.717) is 23.5 Å². The fraction of sp³-hybridized carbons (Fsp3) is 0.688. The number of hydrogen-bond acceptors (Lipinski definition) is 3. The third-order valence-electron chi connectivity index (χ3n) is 4.77. The first-order chi connectivity index (χ1) is 10.2. The summed E-state index contributed by atoms with van der Waals surface area (Å²) in [6.07, 6.45) is 7.60. The van der Waals surface area contributed by atoms with Crippen LogP contribution in [-0.2, 0) is 6.54 Å². The summed E-state index contributed by atoms with van der Waals surface area (Å²) in [7, 11) is 0. The van der Waals surface area contributed by atoms with Crippen LogP contribution in [0.3, 0.4) is 0 Å². The van der Waals surface area contributed by atoms with Gasteiger partial charge in [-0.1, -0.05) is 6.92 Å². The first-order valence-electron chi connectivity index (χ1n) is 8.18. The highest BCUT2D eigenvalue weighted by Gasteiger charge is 2.32. The molecule has 21 heavy (non-hydrogen) atoms. The van der Waals surface area contributed by atoms with Gasteiger partial charge < -0.3 is 20.5 Å². The molecule has 3 N–H and O–H groups in total. The number of anilines is 1. The Kier molecular flexibility index (Phi) is 4.19. The summed E-state index contributed by atoms with van der Waals surface area (Å²) in [5.41, 5.74) is 7.21. The molecule has 0 spiro atoms. The third kappa shape index (κ3) is 3.07. The van der Waals surface area contributed by atoms with Gasteiger partial charge in [0.05, 0.1) is 5.69 Å². The topological polar surface area (TPSA) is 63.3 Å². The molecule has 1 amide bonds. The molecule has 2 unspecified atom stereocenters. The molecule has 2 aliphatic rings. The number of aryl methyl sites for hydroxylation is 1. The van der Waals surface area contributed by atoms with Gasteiger partial charge in [-0.15, -0.1) is 0 Å². The Bertz CT molecular complexity index is 510. The van der Waals surface area contributed by atoms with Crippen LogP contribution in [0.2, 0.25) is 0 Å². The number of carbonyl (C=O) groups is 1. The number of aromatic nitrogens is 1. The molecular formula is C16H26N4O. The minimum absolute atomic E-state index is 0.0246. The van der Waals surface area contributed by atoms with Crippen molar-refractivity contribution in [1.82, 2.24) is 14.8 Å². The van der Waals surface area contributed by atoms with Crippen molar-refractivity contribution in [2.75, 3.05) is 18.8 Å². The molecule has 0 aliphatic carbocycles. The zero-order valence-corrected chi connectivity index (χ0v) is 12.8. The van der Waals surface area contributed by atoms with E-state index in [0.717, 1.165) is 32.4 Å². The van der Waals surface area contributed by atoms with E-state index >= 15 is 0 Å². The van der Waals surface area contributed by atoms with Crippen LogP contribution in [0, 0.1) is 0 Å². The highest BCUT2D eigenvalue weighted by atomic mass is 16.2. The average Bonchev–Trinajstić information content (AvgIpc) is 3.05. The lowest BCUT2D eigenvalue weighted by atomic mass is 9.97. The van der Waals surface area contributed by atoms with Crippen molar-refractivity contribution in [3.8, 4) is 0 Å². The van der Waals surface area contributed by atoms with Crippen LogP contribution < -0.4 is 11.1 Å². The first-order valence-corrected chi connectivity index (χ1v) is 8.18. The number of nitrogens with one attached hydrogen (secondary N) is 1. The van der Waals surface area contributed by atoms with Crippen LogP contribution >= 0.6 is 0 Å². The van der Waals surface area contributed by atoms with Crippen molar-refractivity contribution in [3.05, 3.63) is 18.0 Å². The molecular weight excluding hydrogens is 264 g/mol. The van der Waals surface area contributed by atoms with Gasteiger partial charge in [0.1, 0.15) is 5.69 Å². The van der Waals surface area contributed by atoms with E-state index in [1.54, 1.807) is 6.07 Å². The Morgan fingerprint density at radius 2 is 2.29 bits per heavy atom. The Balaban J connectivity index is 1.63. The molecule has 0 bridgehead atoms. The average molecular weight is 290 g/mol. The number of carbonyl (C=O) groups excluding carboxylic acids is 1. The van der Waals surface area contributed by atoms with Gasteiger partial charge in [-0.3, -0.25) is 4.79 Å². The molecule has 2 atom stereocenters. The Morgan fingerprint density at radius 3 is 3.10 bits per heavy atom. The second kappa shape index (κ2) is 6.10. The Morgan fingerprint density at radius 1 is 1.43 bits per heavy atom. The maximum Gasteiger partial charge on any atom is 0.268 e. The predicted octanol–water partition coefficient (Wildman–Crippen LogP) is 1.84. The molecule has 0 saturated carbocycles. The smallest absolute Gasteiger partial charge is 0.268 e. The number of hydrogen-bond donors (Lipinski definition) is 2. The molecule has 116 valence electrons. The summed E-state index contributed by atoms with van der Waals surface area (Å²) < 4.78 is 1.97. The van der Waals surface area contributed by atoms with Crippen molar-refractivity contribution >= 4 is 11.6 Å². The van der Waals surface area contributed by atoms with Crippen molar-refractivity contribution in [3.63, 3.8) is 0 Å². The van der Waals surface area contributed by atoms with E-state index in [1.807, 2.05) is 10.8 Å². The van der Waals surface area contributed by atoms with E-state index in [2.05, 4.69) is 17.1 Å². The third-order valence-corrected chi connectivity index (χ3v) is 4.77. The quantitative estimate of drug-likeness (QED) is 0.889. The zero-order valence-electron chi connectivity index (χ0n) is 12.8. The molecule has 3 rings (SSSR count). The van der Waals surface area contributed by atoms with E-state index in [9.17, 15) is 4.79 Å². The second-order valence-corrected chi connectivity index (χ2v) is 6.38. The van der Waals surface area contributed by atoms with Crippen LogP contribution in [0.5, 0.6) is 0 Å². The minimum atomic E-state index is 0.0246. The monoisotopic (exact) mass is 290 g/mol. The van der Waals surface area contributed by atoms with Crippen LogP contribution in [0.1, 0.15) is 49.5 Å². The lowest BCUT2D eigenvalue weighted by Gasteiger charge is -2.35. The maximum atomic E-state index is 12.5. The number of fused-ring (bicyclic) bond motifs is 1. The normalized spacial score (nSPS) is 25.8. The van der Waals surface area contributed by atoms with E-state index in [-0.39, 0.29) is 5.91 Å². The molecule has 0 radical (unpaired) electrons. The van der Waals surface area contributed by atoms with E-state index in [4.69, 9.17) is 5.73 Å². The van der Waals surface area contributed by atoms with Crippen molar-refractivity contribution in [1.29, 1.82) is 0 Å². The highest BCUT2D eigenvalue weighted by molar-refractivity contribution is 5.94. The van der Waals surface area contributed by atoms with Gasteiger partial charge in [0.25, 0.3) is 5.91 Å². The van der Waals surface area contributed by atoms with Gasteiger partial charge >= 0.3 is 0 Å². The molecule has 5 nitrogen and oxygen atoms in total. The SMILES string of the molecule is CCCn1cc(N)cc1C(=O)NC1CCN2CCCC2C1. The number of nitrogens with two attached hydrogens (primary N) is 1. The largest absolute Gasteiger partial charge is 0.397 e. The molecule has 1 aromatic heterocycles. The molecule has 2 fully saturated rings. The van der Waals surface area contributed by atoms with Gasteiger partial charge in [-0.05, 0) is 44.7 Å².